The molecule has 0 atom stereocenters. The Morgan fingerprint density at radius 1 is 1.20 bits per heavy atom. The summed E-state index contributed by atoms with van der Waals surface area (Å²) in [6.45, 7) is 3.36. The van der Waals surface area contributed by atoms with E-state index < -0.39 is 6.36 Å². The molecule has 134 valence electrons. The van der Waals surface area contributed by atoms with Crippen molar-refractivity contribution in [2.24, 2.45) is 0 Å². The van der Waals surface area contributed by atoms with Crippen molar-refractivity contribution in [3.05, 3.63) is 23.9 Å². The summed E-state index contributed by atoms with van der Waals surface area (Å²) >= 11 is 0. The number of carbonyl (C=O) groups excluding carboxylic acids is 1. The van der Waals surface area contributed by atoms with Gasteiger partial charge in [0.25, 0.3) is 5.91 Å². The third kappa shape index (κ3) is 3.15. The zero-order valence-electron chi connectivity index (χ0n) is 13.3. The first-order valence-electron chi connectivity index (χ1n) is 8.18. The van der Waals surface area contributed by atoms with E-state index in [0.717, 1.165) is 32.5 Å². The second-order valence-electron chi connectivity index (χ2n) is 6.40. The molecule has 0 radical (unpaired) electrons. The van der Waals surface area contributed by atoms with Crippen LogP contribution in [0.2, 0.25) is 0 Å². The van der Waals surface area contributed by atoms with Gasteiger partial charge in [0.15, 0.2) is 5.69 Å². The highest BCUT2D eigenvalue weighted by atomic mass is 19.4. The standard InChI is InChI=1S/C16H17F3N4O2/c17-16(18,19)25-11-1-2-13-12(9-11)14(21-20-13)15(24)23-8-7-22-5-3-10(23)4-6-22/h1-2,9-10H,3-8H2,(H,20,21). The van der Waals surface area contributed by atoms with E-state index in [0.29, 0.717) is 17.4 Å². The summed E-state index contributed by atoms with van der Waals surface area (Å²) in [5, 5.41) is 7.11. The molecule has 0 unspecified atom stereocenters. The Morgan fingerprint density at radius 2 is 1.96 bits per heavy atom. The largest absolute Gasteiger partial charge is 0.573 e. The fourth-order valence-electron chi connectivity index (χ4n) is 3.64. The Hall–Kier alpha value is -2.29. The number of halogens is 3. The Labute approximate surface area is 141 Å². The van der Waals surface area contributed by atoms with Crippen LogP contribution in [0.4, 0.5) is 13.2 Å². The van der Waals surface area contributed by atoms with Crippen LogP contribution in [0.25, 0.3) is 10.9 Å². The first kappa shape index (κ1) is 16.2. The highest BCUT2D eigenvalue weighted by molar-refractivity contribution is 6.05. The number of H-pyrrole nitrogens is 1. The van der Waals surface area contributed by atoms with Crippen molar-refractivity contribution in [1.29, 1.82) is 0 Å². The number of carbonyl (C=O) groups is 1. The third-order valence-electron chi connectivity index (χ3n) is 4.89. The Morgan fingerprint density at radius 3 is 2.68 bits per heavy atom. The lowest BCUT2D eigenvalue weighted by molar-refractivity contribution is -0.274. The molecule has 1 aromatic carbocycles. The SMILES string of the molecule is O=C(c1n[nH]c2ccc(OC(F)(F)F)cc12)N1CCN2CCC1CC2. The summed E-state index contributed by atoms with van der Waals surface area (Å²) in [6, 6.07) is 3.99. The lowest BCUT2D eigenvalue weighted by Gasteiger charge is -2.31. The van der Waals surface area contributed by atoms with Crippen molar-refractivity contribution < 1.29 is 22.7 Å². The quantitative estimate of drug-likeness (QED) is 0.900. The minimum atomic E-state index is -4.78. The molecule has 2 bridgehead atoms. The maximum Gasteiger partial charge on any atom is 0.573 e. The Bertz CT molecular complexity index is 796. The lowest BCUT2D eigenvalue weighted by atomic mass is 10.0. The van der Waals surface area contributed by atoms with Crippen molar-refractivity contribution in [3.8, 4) is 5.75 Å². The van der Waals surface area contributed by atoms with Gasteiger partial charge in [-0.15, -0.1) is 13.2 Å². The van der Waals surface area contributed by atoms with Gasteiger partial charge in [0.2, 0.25) is 0 Å². The van der Waals surface area contributed by atoms with E-state index in [1.807, 2.05) is 0 Å². The van der Waals surface area contributed by atoms with Gasteiger partial charge in [-0.1, -0.05) is 0 Å². The molecule has 0 spiro atoms. The van der Waals surface area contributed by atoms with Gasteiger partial charge in [0.1, 0.15) is 5.75 Å². The molecule has 9 heteroatoms. The second kappa shape index (κ2) is 5.91. The number of ether oxygens (including phenoxy) is 1. The molecule has 4 heterocycles. The van der Waals surface area contributed by atoms with Crippen LogP contribution in [0, 0.1) is 0 Å². The highest BCUT2D eigenvalue weighted by Gasteiger charge is 2.34. The van der Waals surface area contributed by atoms with Crippen molar-refractivity contribution >= 4 is 16.8 Å². The number of alkyl halides is 3. The van der Waals surface area contributed by atoms with E-state index >= 15 is 0 Å². The summed E-state index contributed by atoms with van der Waals surface area (Å²) in [4.78, 5) is 17.1. The topological polar surface area (TPSA) is 61.5 Å². The monoisotopic (exact) mass is 354 g/mol. The van der Waals surface area contributed by atoms with E-state index in [1.54, 1.807) is 4.90 Å². The van der Waals surface area contributed by atoms with Crippen molar-refractivity contribution in [2.45, 2.75) is 25.2 Å². The van der Waals surface area contributed by atoms with Crippen LogP contribution in [0.5, 0.6) is 5.75 Å². The molecule has 1 amide bonds. The van der Waals surface area contributed by atoms with Crippen molar-refractivity contribution in [2.75, 3.05) is 26.2 Å². The molecule has 2 aromatic rings. The molecule has 3 aliphatic rings. The fraction of sp³-hybridized carbons (Fsp3) is 0.500. The van der Waals surface area contributed by atoms with Gasteiger partial charge in [-0.3, -0.25) is 9.89 Å². The Kier molecular flexibility index (Phi) is 3.82. The molecular weight excluding hydrogens is 337 g/mol. The first-order valence-corrected chi connectivity index (χ1v) is 8.18. The third-order valence-corrected chi connectivity index (χ3v) is 4.89. The molecular formula is C16H17F3N4O2. The summed E-state index contributed by atoms with van der Waals surface area (Å²) < 4.78 is 41.3. The average Bonchev–Trinajstić information content (AvgIpc) is 2.74. The zero-order valence-corrected chi connectivity index (χ0v) is 13.3. The average molecular weight is 354 g/mol. The van der Waals surface area contributed by atoms with Crippen LogP contribution in [0.3, 0.4) is 0 Å². The van der Waals surface area contributed by atoms with Crippen molar-refractivity contribution in [1.82, 2.24) is 20.0 Å². The molecule has 1 N–H and O–H groups in total. The first-order chi connectivity index (χ1) is 11.9. The molecule has 5 rings (SSSR count). The predicted octanol–water partition coefficient (Wildman–Crippen LogP) is 2.38. The van der Waals surface area contributed by atoms with Gasteiger partial charge in [-0.2, -0.15) is 5.10 Å². The number of aromatic amines is 1. The number of piperidine rings is 1. The normalized spacial score (nSPS) is 23.7. The van der Waals surface area contributed by atoms with Crippen LogP contribution in [0.1, 0.15) is 23.3 Å². The molecule has 3 aliphatic heterocycles. The summed E-state index contributed by atoms with van der Waals surface area (Å²) in [6.07, 6.45) is -2.95. The van der Waals surface area contributed by atoms with Gasteiger partial charge in [-0.25, -0.2) is 0 Å². The Balaban J connectivity index is 1.66. The number of aromatic nitrogens is 2. The maximum absolute atomic E-state index is 13.0. The summed E-state index contributed by atoms with van der Waals surface area (Å²) in [7, 11) is 0. The number of nitrogens with zero attached hydrogens (tertiary/aromatic N) is 3. The van der Waals surface area contributed by atoms with Gasteiger partial charge in [0, 0.05) is 37.6 Å². The summed E-state index contributed by atoms with van der Waals surface area (Å²) in [5.41, 5.74) is 0.642. The predicted molar refractivity (Wildman–Crippen MR) is 83.3 cm³/mol. The van der Waals surface area contributed by atoms with Gasteiger partial charge in [-0.05, 0) is 31.0 Å². The number of nitrogens with one attached hydrogen (secondary N) is 1. The summed E-state index contributed by atoms with van der Waals surface area (Å²) in [5.74, 6) is -0.609. The number of fused-ring (bicyclic) bond motifs is 5. The molecule has 6 nitrogen and oxygen atoms in total. The number of hydrogen-bond donors (Lipinski definition) is 1. The molecule has 1 aromatic heterocycles. The van der Waals surface area contributed by atoms with Crippen LogP contribution in [-0.4, -0.2) is 64.5 Å². The lowest BCUT2D eigenvalue weighted by Crippen LogP contribution is -2.41. The van der Waals surface area contributed by atoms with E-state index in [4.69, 9.17) is 0 Å². The van der Waals surface area contributed by atoms with Crippen LogP contribution >= 0.6 is 0 Å². The van der Waals surface area contributed by atoms with E-state index in [2.05, 4.69) is 19.8 Å². The van der Waals surface area contributed by atoms with Gasteiger partial charge >= 0.3 is 6.36 Å². The molecule has 0 aliphatic carbocycles. The minimum absolute atomic E-state index is 0.142. The highest BCUT2D eigenvalue weighted by Crippen LogP contribution is 2.29. The molecule has 25 heavy (non-hydrogen) atoms. The van der Waals surface area contributed by atoms with Crippen molar-refractivity contribution in [3.63, 3.8) is 0 Å². The number of amides is 1. The van der Waals surface area contributed by atoms with E-state index in [1.165, 1.54) is 18.2 Å². The van der Waals surface area contributed by atoms with Gasteiger partial charge in [0.05, 0.1) is 5.52 Å². The molecule has 3 fully saturated rings. The van der Waals surface area contributed by atoms with E-state index in [-0.39, 0.29) is 23.4 Å². The molecule has 0 saturated carbocycles. The van der Waals surface area contributed by atoms with Crippen LogP contribution in [0.15, 0.2) is 18.2 Å². The number of rotatable bonds is 2. The van der Waals surface area contributed by atoms with Crippen LogP contribution < -0.4 is 4.74 Å². The number of benzene rings is 1. The smallest absolute Gasteiger partial charge is 0.406 e. The second-order valence-corrected chi connectivity index (χ2v) is 6.40. The number of hydrogen-bond acceptors (Lipinski definition) is 4. The minimum Gasteiger partial charge on any atom is -0.406 e. The van der Waals surface area contributed by atoms with Crippen LogP contribution in [-0.2, 0) is 0 Å². The maximum atomic E-state index is 13.0. The van der Waals surface area contributed by atoms with E-state index in [9.17, 15) is 18.0 Å². The fourth-order valence-corrected chi connectivity index (χ4v) is 3.64. The molecule has 3 saturated heterocycles. The zero-order chi connectivity index (χ0) is 17.6. The van der Waals surface area contributed by atoms with Gasteiger partial charge < -0.3 is 14.5 Å².